The Morgan fingerprint density at radius 1 is 0.962 bits per heavy atom. The van der Waals surface area contributed by atoms with Crippen LogP contribution in [0, 0.1) is 5.82 Å². The molecule has 0 radical (unpaired) electrons. The quantitative estimate of drug-likeness (QED) is 0.451. The topological polar surface area (TPSA) is 78.4 Å². The molecule has 0 aliphatic rings. The van der Waals surface area contributed by atoms with E-state index in [1.54, 1.807) is 12.1 Å². The first-order valence-electron chi connectivity index (χ1n) is 7.68. The summed E-state index contributed by atoms with van der Waals surface area (Å²) in [4.78, 5) is 26.3. The fourth-order valence-corrected chi connectivity index (χ4v) is 4.15. The van der Waals surface area contributed by atoms with Crippen molar-refractivity contribution in [1.82, 2.24) is 10.8 Å². The second kappa shape index (κ2) is 7.77. The third-order valence-electron chi connectivity index (χ3n) is 3.69. The van der Waals surface area contributed by atoms with Gasteiger partial charge in [-0.1, -0.05) is 12.1 Å². The third-order valence-corrected chi connectivity index (χ3v) is 6.08. The molecule has 2 amide bonds. The summed E-state index contributed by atoms with van der Waals surface area (Å²) in [5.74, 6) is -1.23. The molecule has 2 heterocycles. The number of amides is 2. The average molecular weight is 390 g/mol. The molecule has 3 aromatic rings. The van der Waals surface area contributed by atoms with Gasteiger partial charge in [-0.05, 0) is 48.9 Å². The third kappa shape index (κ3) is 3.98. The summed E-state index contributed by atoms with van der Waals surface area (Å²) >= 11 is 2.52. The summed E-state index contributed by atoms with van der Waals surface area (Å²) in [6.45, 7) is 1.87. The average Bonchev–Trinajstić information content (AvgIpc) is 3.31. The van der Waals surface area contributed by atoms with Gasteiger partial charge in [-0.25, -0.2) is 9.87 Å². The van der Waals surface area contributed by atoms with Crippen molar-refractivity contribution in [3.05, 3.63) is 69.0 Å². The minimum atomic E-state index is -0.649. The van der Waals surface area contributed by atoms with Crippen LogP contribution in [0.2, 0.25) is 0 Å². The number of halogens is 1. The standard InChI is InChI=1S/C18H15FN2O3S2/c1-10(20-17(22)15-8-9-16(26-15)18(23)21-24)13-6-7-14(25-13)11-2-4-12(19)5-3-11/h2-10,24H,1H3,(H,20,22)(H,21,23). The van der Waals surface area contributed by atoms with Gasteiger partial charge in [-0.2, -0.15) is 0 Å². The molecule has 1 unspecified atom stereocenters. The fraction of sp³-hybridized carbons (Fsp3) is 0.111. The second-order valence-corrected chi connectivity index (χ2v) is 7.71. The number of benzene rings is 1. The van der Waals surface area contributed by atoms with Gasteiger partial charge in [-0.15, -0.1) is 22.7 Å². The van der Waals surface area contributed by atoms with E-state index in [1.165, 1.54) is 41.1 Å². The highest BCUT2D eigenvalue weighted by molar-refractivity contribution is 7.16. The first-order chi connectivity index (χ1) is 12.5. The van der Waals surface area contributed by atoms with E-state index in [0.29, 0.717) is 4.88 Å². The summed E-state index contributed by atoms with van der Waals surface area (Å²) < 4.78 is 13.0. The summed E-state index contributed by atoms with van der Waals surface area (Å²) in [5, 5.41) is 11.5. The highest BCUT2D eigenvalue weighted by Gasteiger charge is 2.17. The van der Waals surface area contributed by atoms with Crippen LogP contribution in [0.5, 0.6) is 0 Å². The van der Waals surface area contributed by atoms with Gasteiger partial charge in [0.15, 0.2) is 0 Å². The maximum atomic E-state index is 13.0. The van der Waals surface area contributed by atoms with Crippen molar-refractivity contribution in [3.8, 4) is 10.4 Å². The van der Waals surface area contributed by atoms with Crippen LogP contribution in [0.25, 0.3) is 10.4 Å². The number of hydrogen-bond donors (Lipinski definition) is 3. The normalized spacial score (nSPS) is 11.8. The number of thiophene rings is 2. The lowest BCUT2D eigenvalue weighted by molar-refractivity contribution is 0.0711. The van der Waals surface area contributed by atoms with Gasteiger partial charge in [0.25, 0.3) is 11.8 Å². The van der Waals surface area contributed by atoms with Crippen molar-refractivity contribution in [3.63, 3.8) is 0 Å². The SMILES string of the molecule is CC(NC(=O)c1ccc(C(=O)NO)s1)c1ccc(-c2ccc(F)cc2)s1. The lowest BCUT2D eigenvalue weighted by Crippen LogP contribution is -2.25. The van der Waals surface area contributed by atoms with Crippen molar-refractivity contribution < 1.29 is 19.2 Å². The van der Waals surface area contributed by atoms with Gasteiger partial charge >= 0.3 is 0 Å². The van der Waals surface area contributed by atoms with Gasteiger partial charge in [0.1, 0.15) is 5.82 Å². The van der Waals surface area contributed by atoms with Crippen LogP contribution >= 0.6 is 22.7 Å². The predicted octanol–water partition coefficient (Wildman–Crippen LogP) is 4.23. The Labute approximate surface area is 157 Å². The van der Waals surface area contributed by atoms with E-state index in [-0.39, 0.29) is 22.6 Å². The molecule has 26 heavy (non-hydrogen) atoms. The highest BCUT2D eigenvalue weighted by atomic mass is 32.1. The minimum Gasteiger partial charge on any atom is -0.344 e. The molecule has 0 saturated carbocycles. The maximum Gasteiger partial charge on any atom is 0.284 e. The van der Waals surface area contributed by atoms with E-state index in [1.807, 2.05) is 19.1 Å². The number of nitrogens with one attached hydrogen (secondary N) is 2. The molecule has 0 fully saturated rings. The van der Waals surface area contributed by atoms with E-state index >= 15 is 0 Å². The van der Waals surface area contributed by atoms with Crippen LogP contribution in [0.3, 0.4) is 0 Å². The molecule has 0 aliphatic heterocycles. The van der Waals surface area contributed by atoms with Gasteiger partial charge in [0.2, 0.25) is 0 Å². The highest BCUT2D eigenvalue weighted by Crippen LogP contribution is 2.31. The summed E-state index contributed by atoms with van der Waals surface area (Å²) in [5.41, 5.74) is 2.46. The first kappa shape index (κ1) is 18.2. The Morgan fingerprint density at radius 3 is 2.27 bits per heavy atom. The van der Waals surface area contributed by atoms with Crippen LogP contribution in [-0.2, 0) is 0 Å². The Hall–Kier alpha value is -2.55. The molecule has 8 heteroatoms. The number of hydroxylamine groups is 1. The molecule has 1 atom stereocenters. The van der Waals surface area contributed by atoms with Gasteiger partial charge in [-0.3, -0.25) is 14.8 Å². The molecule has 0 saturated heterocycles. The zero-order valence-corrected chi connectivity index (χ0v) is 15.3. The summed E-state index contributed by atoms with van der Waals surface area (Å²) in [6.07, 6.45) is 0. The molecule has 5 nitrogen and oxygen atoms in total. The molecular formula is C18H15FN2O3S2. The van der Waals surface area contributed by atoms with Crippen LogP contribution in [-0.4, -0.2) is 17.0 Å². The Morgan fingerprint density at radius 2 is 1.62 bits per heavy atom. The molecular weight excluding hydrogens is 375 g/mol. The van der Waals surface area contributed by atoms with Crippen LogP contribution in [0.4, 0.5) is 4.39 Å². The van der Waals surface area contributed by atoms with E-state index in [9.17, 15) is 14.0 Å². The van der Waals surface area contributed by atoms with E-state index in [4.69, 9.17) is 5.21 Å². The van der Waals surface area contributed by atoms with Crippen LogP contribution < -0.4 is 10.8 Å². The van der Waals surface area contributed by atoms with Crippen molar-refractivity contribution >= 4 is 34.5 Å². The fourth-order valence-electron chi connectivity index (χ4n) is 2.33. The largest absolute Gasteiger partial charge is 0.344 e. The number of carbonyl (C=O) groups excluding carboxylic acids is 2. The molecule has 0 spiro atoms. The van der Waals surface area contributed by atoms with Gasteiger partial charge in [0.05, 0.1) is 15.8 Å². The molecule has 0 bridgehead atoms. The molecule has 134 valence electrons. The van der Waals surface area contributed by atoms with E-state index in [0.717, 1.165) is 26.7 Å². The predicted molar refractivity (Wildman–Crippen MR) is 99.2 cm³/mol. The Kier molecular flexibility index (Phi) is 5.46. The van der Waals surface area contributed by atoms with Crippen LogP contribution in [0.1, 0.15) is 37.2 Å². The van der Waals surface area contributed by atoms with Crippen molar-refractivity contribution in [1.29, 1.82) is 0 Å². The molecule has 3 N–H and O–H groups in total. The Balaban J connectivity index is 1.69. The summed E-state index contributed by atoms with van der Waals surface area (Å²) in [7, 11) is 0. The maximum absolute atomic E-state index is 13.0. The van der Waals surface area contributed by atoms with Gasteiger partial charge < -0.3 is 5.32 Å². The molecule has 0 aliphatic carbocycles. The molecule has 3 rings (SSSR count). The monoisotopic (exact) mass is 390 g/mol. The van der Waals surface area contributed by atoms with Crippen molar-refractivity contribution in [2.75, 3.05) is 0 Å². The molecule has 2 aromatic heterocycles. The summed E-state index contributed by atoms with van der Waals surface area (Å²) in [6, 6.07) is 12.9. The minimum absolute atomic E-state index is 0.223. The van der Waals surface area contributed by atoms with Crippen molar-refractivity contribution in [2.45, 2.75) is 13.0 Å². The van der Waals surface area contributed by atoms with E-state index < -0.39 is 5.91 Å². The lowest BCUT2D eigenvalue weighted by atomic mass is 10.2. The first-order valence-corrected chi connectivity index (χ1v) is 9.32. The number of carbonyl (C=O) groups is 2. The van der Waals surface area contributed by atoms with Crippen molar-refractivity contribution in [2.24, 2.45) is 0 Å². The second-order valence-electron chi connectivity index (χ2n) is 5.51. The Bertz CT molecular complexity index is 934. The zero-order chi connectivity index (χ0) is 18.7. The smallest absolute Gasteiger partial charge is 0.284 e. The van der Waals surface area contributed by atoms with Gasteiger partial charge in [0, 0.05) is 9.75 Å². The van der Waals surface area contributed by atoms with Crippen LogP contribution in [0.15, 0.2) is 48.5 Å². The lowest BCUT2D eigenvalue weighted by Gasteiger charge is -2.11. The van der Waals surface area contributed by atoms with E-state index in [2.05, 4.69) is 5.32 Å². The number of rotatable bonds is 5. The zero-order valence-electron chi connectivity index (χ0n) is 13.7. The molecule has 1 aromatic carbocycles. The number of hydrogen-bond acceptors (Lipinski definition) is 5.